The van der Waals surface area contributed by atoms with Gasteiger partial charge in [0.25, 0.3) is 0 Å². The lowest BCUT2D eigenvalue weighted by Gasteiger charge is -2.35. The number of hydrogen-bond acceptors (Lipinski definition) is 5. The Morgan fingerprint density at radius 2 is 2.10 bits per heavy atom. The Morgan fingerprint density at radius 1 is 1.34 bits per heavy atom. The zero-order valence-electron chi connectivity index (χ0n) is 17.2. The minimum absolute atomic E-state index is 0. The fourth-order valence-corrected chi connectivity index (χ4v) is 3.42. The summed E-state index contributed by atoms with van der Waals surface area (Å²) in [4.78, 5) is 18.3. The lowest BCUT2D eigenvalue weighted by molar-refractivity contribution is -0.00836. The van der Waals surface area contributed by atoms with Crippen molar-refractivity contribution >= 4 is 35.9 Å². The van der Waals surface area contributed by atoms with Gasteiger partial charge in [0.2, 0.25) is 0 Å². The molecule has 1 aliphatic rings. The summed E-state index contributed by atoms with van der Waals surface area (Å²) in [5, 5.41) is 3.31. The molecule has 3 rings (SSSR count). The minimum Gasteiger partial charge on any atom is -0.465 e. The SMILES string of the molecule is CN=C(NCc1cc(C(=O)OC)c(C)o1)N1CCOC(c2ccccc2C)C1.I. The fourth-order valence-electron chi connectivity index (χ4n) is 3.42. The van der Waals surface area contributed by atoms with Crippen LogP contribution in [0.25, 0.3) is 0 Å². The van der Waals surface area contributed by atoms with Crippen molar-refractivity contribution in [3.05, 3.63) is 58.5 Å². The summed E-state index contributed by atoms with van der Waals surface area (Å²) in [6.45, 7) is 6.38. The van der Waals surface area contributed by atoms with Gasteiger partial charge in [0.15, 0.2) is 5.96 Å². The highest BCUT2D eigenvalue weighted by Crippen LogP contribution is 2.25. The fraction of sp³-hybridized carbons (Fsp3) is 0.429. The summed E-state index contributed by atoms with van der Waals surface area (Å²) < 4.78 is 16.4. The third-order valence-electron chi connectivity index (χ3n) is 4.91. The van der Waals surface area contributed by atoms with Gasteiger partial charge >= 0.3 is 5.97 Å². The van der Waals surface area contributed by atoms with Gasteiger partial charge in [-0.05, 0) is 31.0 Å². The molecule has 1 unspecified atom stereocenters. The van der Waals surface area contributed by atoms with Crippen molar-refractivity contribution in [3.63, 3.8) is 0 Å². The number of nitrogens with one attached hydrogen (secondary N) is 1. The highest BCUT2D eigenvalue weighted by atomic mass is 127. The number of guanidine groups is 1. The number of furan rings is 1. The summed E-state index contributed by atoms with van der Waals surface area (Å²) in [5.74, 6) is 1.58. The van der Waals surface area contributed by atoms with Gasteiger partial charge < -0.3 is 24.1 Å². The van der Waals surface area contributed by atoms with Crippen LogP contribution in [0.4, 0.5) is 0 Å². The first kappa shape index (κ1) is 23.2. The van der Waals surface area contributed by atoms with Crippen LogP contribution in [0, 0.1) is 13.8 Å². The number of carbonyl (C=O) groups is 1. The highest BCUT2D eigenvalue weighted by molar-refractivity contribution is 14.0. The molecule has 0 aliphatic carbocycles. The number of halogens is 1. The second kappa shape index (κ2) is 10.6. The Kier molecular flexibility index (Phi) is 8.51. The molecule has 0 bridgehead atoms. The number of nitrogens with zero attached hydrogens (tertiary/aromatic N) is 2. The highest BCUT2D eigenvalue weighted by Gasteiger charge is 2.25. The van der Waals surface area contributed by atoms with Crippen LogP contribution in [-0.4, -0.2) is 50.7 Å². The molecule has 2 aromatic rings. The zero-order valence-corrected chi connectivity index (χ0v) is 19.6. The van der Waals surface area contributed by atoms with Crippen molar-refractivity contribution < 1.29 is 18.7 Å². The zero-order chi connectivity index (χ0) is 20.1. The Bertz CT molecular complexity index is 865. The van der Waals surface area contributed by atoms with E-state index in [0.717, 1.165) is 19.0 Å². The van der Waals surface area contributed by atoms with E-state index in [9.17, 15) is 4.79 Å². The van der Waals surface area contributed by atoms with Crippen molar-refractivity contribution in [2.75, 3.05) is 33.9 Å². The molecule has 0 amide bonds. The van der Waals surface area contributed by atoms with Crippen LogP contribution >= 0.6 is 24.0 Å². The lowest BCUT2D eigenvalue weighted by Crippen LogP contribution is -2.48. The lowest BCUT2D eigenvalue weighted by atomic mass is 10.0. The average molecular weight is 513 g/mol. The molecule has 7 nitrogen and oxygen atoms in total. The van der Waals surface area contributed by atoms with E-state index in [2.05, 4.69) is 34.3 Å². The van der Waals surface area contributed by atoms with Gasteiger partial charge in [-0.25, -0.2) is 4.79 Å². The summed E-state index contributed by atoms with van der Waals surface area (Å²) in [6, 6.07) is 9.99. The van der Waals surface area contributed by atoms with Crippen LogP contribution in [0.15, 0.2) is 39.7 Å². The maximum Gasteiger partial charge on any atom is 0.341 e. The first-order chi connectivity index (χ1) is 13.5. The Balaban J connectivity index is 0.00000300. The van der Waals surface area contributed by atoms with E-state index in [4.69, 9.17) is 13.9 Å². The monoisotopic (exact) mass is 513 g/mol. The Labute approximate surface area is 188 Å². The van der Waals surface area contributed by atoms with E-state index in [-0.39, 0.29) is 30.1 Å². The molecular weight excluding hydrogens is 485 g/mol. The third kappa shape index (κ3) is 5.51. The Hall–Kier alpha value is -2.07. The topological polar surface area (TPSA) is 76.3 Å². The van der Waals surface area contributed by atoms with Crippen molar-refractivity contribution in [3.8, 4) is 0 Å². The number of aliphatic imine (C=N–C) groups is 1. The maximum atomic E-state index is 11.7. The quantitative estimate of drug-likeness (QED) is 0.292. The summed E-state index contributed by atoms with van der Waals surface area (Å²) in [5.41, 5.74) is 2.87. The van der Waals surface area contributed by atoms with E-state index in [0.29, 0.717) is 30.2 Å². The first-order valence-corrected chi connectivity index (χ1v) is 9.33. The second-order valence-electron chi connectivity index (χ2n) is 6.74. The molecule has 0 saturated carbocycles. The van der Waals surface area contributed by atoms with Crippen molar-refractivity contribution in [2.24, 2.45) is 4.99 Å². The minimum atomic E-state index is -0.397. The summed E-state index contributed by atoms with van der Waals surface area (Å²) >= 11 is 0. The molecule has 1 atom stereocenters. The predicted octanol–water partition coefficient (Wildman–Crippen LogP) is 3.45. The van der Waals surface area contributed by atoms with Crippen LogP contribution < -0.4 is 5.32 Å². The molecule has 0 spiro atoms. The van der Waals surface area contributed by atoms with Gasteiger partial charge in [0.05, 0.1) is 26.8 Å². The van der Waals surface area contributed by atoms with E-state index in [1.807, 2.05) is 12.1 Å². The molecular formula is C21H28IN3O4. The molecule has 2 heterocycles. The van der Waals surface area contributed by atoms with Crippen molar-refractivity contribution in [1.29, 1.82) is 0 Å². The Morgan fingerprint density at radius 3 is 2.79 bits per heavy atom. The van der Waals surface area contributed by atoms with Crippen LogP contribution in [0.2, 0.25) is 0 Å². The summed E-state index contributed by atoms with van der Waals surface area (Å²) in [6.07, 6.45) is 0.00489. The number of ether oxygens (including phenoxy) is 2. The van der Waals surface area contributed by atoms with Crippen LogP contribution in [0.3, 0.4) is 0 Å². The van der Waals surface area contributed by atoms with Crippen LogP contribution in [0.1, 0.15) is 39.1 Å². The molecule has 158 valence electrons. The smallest absolute Gasteiger partial charge is 0.341 e. The normalized spacial score (nSPS) is 16.9. The number of benzene rings is 1. The molecule has 1 aromatic carbocycles. The third-order valence-corrected chi connectivity index (χ3v) is 4.91. The van der Waals surface area contributed by atoms with Gasteiger partial charge in [-0.15, -0.1) is 24.0 Å². The van der Waals surface area contributed by atoms with E-state index < -0.39 is 5.97 Å². The number of hydrogen-bond donors (Lipinski definition) is 1. The van der Waals surface area contributed by atoms with E-state index >= 15 is 0 Å². The number of rotatable bonds is 4. The van der Waals surface area contributed by atoms with Gasteiger partial charge in [0.1, 0.15) is 23.2 Å². The molecule has 1 fully saturated rings. The number of aryl methyl sites for hydroxylation is 2. The van der Waals surface area contributed by atoms with Crippen LogP contribution in [-0.2, 0) is 16.0 Å². The van der Waals surface area contributed by atoms with Crippen molar-refractivity contribution in [2.45, 2.75) is 26.5 Å². The molecule has 1 saturated heterocycles. The standard InChI is InChI=1S/C21H27N3O4.HI/c1-14-7-5-6-8-17(14)19-13-24(9-10-27-19)21(22-3)23-12-16-11-18(15(2)28-16)20(25)26-4;/h5-8,11,19H,9-10,12-13H2,1-4H3,(H,22,23);1H. The molecule has 1 aromatic heterocycles. The van der Waals surface area contributed by atoms with Crippen molar-refractivity contribution in [1.82, 2.24) is 10.2 Å². The molecule has 29 heavy (non-hydrogen) atoms. The van der Waals surface area contributed by atoms with Gasteiger partial charge in [-0.1, -0.05) is 24.3 Å². The van der Waals surface area contributed by atoms with E-state index in [1.165, 1.54) is 18.2 Å². The molecule has 1 N–H and O–H groups in total. The first-order valence-electron chi connectivity index (χ1n) is 9.33. The number of morpholine rings is 1. The van der Waals surface area contributed by atoms with Gasteiger partial charge in [-0.2, -0.15) is 0 Å². The van der Waals surface area contributed by atoms with Gasteiger partial charge in [0, 0.05) is 13.6 Å². The molecule has 0 radical (unpaired) electrons. The second-order valence-corrected chi connectivity index (χ2v) is 6.74. The van der Waals surface area contributed by atoms with E-state index in [1.54, 1.807) is 20.0 Å². The molecule has 1 aliphatic heterocycles. The maximum absolute atomic E-state index is 11.7. The number of esters is 1. The summed E-state index contributed by atoms with van der Waals surface area (Å²) in [7, 11) is 3.12. The van der Waals surface area contributed by atoms with Crippen LogP contribution in [0.5, 0.6) is 0 Å². The number of methoxy groups -OCH3 is 1. The molecule has 8 heteroatoms. The predicted molar refractivity (Wildman–Crippen MR) is 122 cm³/mol. The number of carbonyl (C=O) groups excluding carboxylic acids is 1. The largest absolute Gasteiger partial charge is 0.465 e. The average Bonchev–Trinajstić information content (AvgIpc) is 3.09. The van der Waals surface area contributed by atoms with Gasteiger partial charge in [-0.3, -0.25) is 4.99 Å².